The van der Waals surface area contributed by atoms with Gasteiger partial charge in [0, 0.05) is 12.8 Å². The normalized spacial score (nSPS) is 11.9. The van der Waals surface area contributed by atoms with E-state index in [-0.39, 0.29) is 18.1 Å². The summed E-state index contributed by atoms with van der Waals surface area (Å²) in [6.45, 7) is 9.35. The monoisotopic (exact) mass is 376 g/mol. The van der Waals surface area contributed by atoms with E-state index >= 15 is 0 Å². The van der Waals surface area contributed by atoms with Gasteiger partial charge in [0.1, 0.15) is 4.34 Å². The molecule has 1 aromatic rings. The first-order chi connectivity index (χ1) is 10.3. The van der Waals surface area contributed by atoms with Gasteiger partial charge in [-0.15, -0.1) is 22.9 Å². The maximum absolute atomic E-state index is 12.1. The second kappa shape index (κ2) is 9.26. The third kappa shape index (κ3) is 6.44. The molecular weight excluding hydrogens is 363 g/mol. The van der Waals surface area contributed by atoms with Gasteiger partial charge in [-0.3, -0.25) is 4.79 Å². The van der Waals surface area contributed by atoms with Crippen molar-refractivity contribution >= 4 is 51.9 Å². The highest BCUT2D eigenvalue weighted by molar-refractivity contribution is 7.18. The molecule has 1 rings (SSSR count). The van der Waals surface area contributed by atoms with Crippen molar-refractivity contribution in [3.8, 4) is 0 Å². The summed E-state index contributed by atoms with van der Waals surface area (Å²) < 4.78 is 0.411. The van der Waals surface area contributed by atoms with Crippen LogP contribution in [0, 0.1) is 0 Å². The minimum absolute atomic E-state index is 0.0793. The standard InChI is InChI=1S/C15H15Cl3N2OS/c1-9(2)6-11(20-19-10(3)8-16)4-5-13(21)14-7-12(17)15(18)22-14/h4,7H,1,3,5-6,8H2,2H3/b11-4-,20-19-. The average Bonchev–Trinajstić information content (AvgIpc) is 2.80. The first kappa shape index (κ1) is 19.1. The Morgan fingerprint density at radius 1 is 1.36 bits per heavy atom. The Labute approximate surface area is 149 Å². The smallest absolute Gasteiger partial charge is 0.176 e. The molecule has 0 aliphatic rings. The number of nitrogens with zero attached hydrogens (tertiary/aromatic N) is 2. The molecule has 1 heterocycles. The van der Waals surface area contributed by atoms with Gasteiger partial charge in [-0.05, 0) is 13.0 Å². The molecule has 1 aromatic heterocycles. The molecule has 0 aliphatic heterocycles. The number of halogens is 3. The zero-order valence-corrected chi connectivity index (χ0v) is 15.1. The summed E-state index contributed by atoms with van der Waals surface area (Å²) in [6.07, 6.45) is 2.42. The van der Waals surface area contributed by atoms with Crippen molar-refractivity contribution in [1.29, 1.82) is 0 Å². The molecule has 7 heteroatoms. The number of Topliss-reactive ketones (excluding diaryl/α,β-unsaturated/α-hetero) is 1. The molecular formula is C15H15Cl3N2OS. The molecule has 0 aliphatic carbocycles. The van der Waals surface area contributed by atoms with E-state index in [0.717, 1.165) is 16.9 Å². The number of azo groups is 1. The van der Waals surface area contributed by atoms with Crippen LogP contribution in [0.15, 0.2) is 52.5 Å². The number of ketones is 1. The summed E-state index contributed by atoms with van der Waals surface area (Å²) in [5.74, 6) is 0.124. The van der Waals surface area contributed by atoms with Gasteiger partial charge in [0.2, 0.25) is 0 Å². The second-order valence-corrected chi connectivity index (χ2v) is 6.92. The molecule has 3 nitrogen and oxygen atoms in total. The lowest BCUT2D eigenvalue weighted by atomic mass is 10.1. The fourth-order valence-corrected chi connectivity index (χ4v) is 2.78. The van der Waals surface area contributed by atoms with Crippen molar-refractivity contribution in [2.75, 3.05) is 5.88 Å². The van der Waals surface area contributed by atoms with Crippen molar-refractivity contribution < 1.29 is 4.79 Å². The van der Waals surface area contributed by atoms with E-state index in [1.807, 2.05) is 6.92 Å². The maximum atomic E-state index is 12.1. The van der Waals surface area contributed by atoms with E-state index in [2.05, 4.69) is 23.4 Å². The van der Waals surface area contributed by atoms with E-state index in [1.165, 1.54) is 0 Å². The van der Waals surface area contributed by atoms with Gasteiger partial charge in [-0.1, -0.05) is 48.0 Å². The van der Waals surface area contributed by atoms with E-state index in [4.69, 9.17) is 34.8 Å². The zero-order chi connectivity index (χ0) is 16.7. The fourth-order valence-electron chi connectivity index (χ4n) is 1.41. The summed E-state index contributed by atoms with van der Waals surface area (Å²) >= 11 is 18.5. The van der Waals surface area contributed by atoms with Crippen LogP contribution >= 0.6 is 46.1 Å². The highest BCUT2D eigenvalue weighted by Gasteiger charge is 2.12. The van der Waals surface area contributed by atoms with Gasteiger partial charge in [0.15, 0.2) is 5.78 Å². The van der Waals surface area contributed by atoms with E-state index in [9.17, 15) is 4.79 Å². The van der Waals surface area contributed by atoms with Crippen molar-refractivity contribution in [3.05, 3.63) is 56.5 Å². The van der Waals surface area contributed by atoms with Gasteiger partial charge in [-0.25, -0.2) is 0 Å². The quantitative estimate of drug-likeness (QED) is 0.215. The van der Waals surface area contributed by atoms with Crippen molar-refractivity contribution in [3.63, 3.8) is 0 Å². The third-order valence-corrected chi connectivity index (χ3v) is 4.62. The molecule has 22 heavy (non-hydrogen) atoms. The van der Waals surface area contributed by atoms with Gasteiger partial charge in [-0.2, -0.15) is 10.2 Å². The van der Waals surface area contributed by atoms with Crippen LogP contribution in [-0.2, 0) is 0 Å². The Hall–Kier alpha value is -0.940. The minimum Gasteiger partial charge on any atom is -0.293 e. The molecule has 0 bridgehead atoms. The Morgan fingerprint density at radius 3 is 2.55 bits per heavy atom. The van der Waals surface area contributed by atoms with Gasteiger partial charge in [0.25, 0.3) is 0 Å². The third-order valence-electron chi connectivity index (χ3n) is 2.40. The first-order valence-corrected chi connectivity index (χ1v) is 8.41. The van der Waals surface area contributed by atoms with Gasteiger partial charge < -0.3 is 0 Å². The number of allylic oxidation sites excluding steroid dienone is 3. The van der Waals surface area contributed by atoms with E-state index in [1.54, 1.807) is 12.1 Å². The van der Waals surface area contributed by atoms with Crippen LogP contribution in [0.5, 0.6) is 0 Å². The van der Waals surface area contributed by atoms with Crippen LogP contribution < -0.4 is 0 Å². The van der Waals surface area contributed by atoms with Crippen LogP contribution in [0.4, 0.5) is 0 Å². The number of hydrogen-bond donors (Lipinski definition) is 0. The highest BCUT2D eigenvalue weighted by Crippen LogP contribution is 2.32. The van der Waals surface area contributed by atoms with Crippen LogP contribution in [0.25, 0.3) is 0 Å². The molecule has 0 fully saturated rings. The summed E-state index contributed by atoms with van der Waals surface area (Å²) in [7, 11) is 0. The number of alkyl halides is 1. The fraction of sp³-hybridized carbons (Fsp3) is 0.267. The van der Waals surface area contributed by atoms with Crippen molar-refractivity contribution in [2.24, 2.45) is 10.2 Å². The average molecular weight is 378 g/mol. The van der Waals surface area contributed by atoms with E-state index < -0.39 is 0 Å². The molecule has 0 amide bonds. The van der Waals surface area contributed by atoms with Crippen LogP contribution in [0.2, 0.25) is 9.36 Å². The predicted octanol–water partition coefficient (Wildman–Crippen LogP) is 6.68. The highest BCUT2D eigenvalue weighted by atomic mass is 35.5. The molecule has 0 saturated carbocycles. The number of carbonyl (C=O) groups is 1. The summed E-state index contributed by atoms with van der Waals surface area (Å²) in [5, 5.41) is 8.35. The summed E-state index contributed by atoms with van der Waals surface area (Å²) in [5.41, 5.74) is 2.01. The number of carbonyl (C=O) groups excluding carboxylic acids is 1. The maximum Gasteiger partial charge on any atom is 0.176 e. The summed E-state index contributed by atoms with van der Waals surface area (Å²) in [4.78, 5) is 12.6. The van der Waals surface area contributed by atoms with Gasteiger partial charge in [0.05, 0.1) is 27.2 Å². The number of thiophene rings is 1. The Kier molecular flexibility index (Phi) is 8.04. The molecule has 118 valence electrons. The lowest BCUT2D eigenvalue weighted by molar-refractivity contribution is 0.0999. The van der Waals surface area contributed by atoms with Crippen LogP contribution in [0.1, 0.15) is 29.4 Å². The predicted molar refractivity (Wildman–Crippen MR) is 95.5 cm³/mol. The molecule has 0 radical (unpaired) electrons. The summed E-state index contributed by atoms with van der Waals surface area (Å²) in [6, 6.07) is 1.57. The van der Waals surface area contributed by atoms with E-state index in [0.29, 0.717) is 32.1 Å². The van der Waals surface area contributed by atoms with Crippen LogP contribution in [-0.4, -0.2) is 11.7 Å². The minimum atomic E-state index is -0.0793. The topological polar surface area (TPSA) is 41.8 Å². The molecule has 0 unspecified atom stereocenters. The molecule has 0 aromatic carbocycles. The number of rotatable bonds is 8. The molecule has 0 spiro atoms. The van der Waals surface area contributed by atoms with Crippen molar-refractivity contribution in [2.45, 2.75) is 19.8 Å². The van der Waals surface area contributed by atoms with Crippen LogP contribution in [0.3, 0.4) is 0 Å². The molecule has 0 atom stereocenters. The Balaban J connectivity index is 2.83. The molecule has 0 saturated heterocycles. The lowest BCUT2D eigenvalue weighted by Gasteiger charge is -2.01. The molecule has 0 N–H and O–H groups in total. The van der Waals surface area contributed by atoms with Crippen molar-refractivity contribution in [1.82, 2.24) is 0 Å². The first-order valence-electron chi connectivity index (χ1n) is 6.30. The number of hydrogen-bond acceptors (Lipinski definition) is 4. The Bertz CT molecular complexity index is 628. The SMILES string of the molecule is C=C(C)CC(=C/CC(=O)c1cc(Cl)c(Cl)s1)/N=N\C(=C)CCl. The largest absolute Gasteiger partial charge is 0.293 e. The Morgan fingerprint density at radius 2 is 2.05 bits per heavy atom. The second-order valence-electron chi connectivity index (χ2n) is 4.59. The van der Waals surface area contributed by atoms with Gasteiger partial charge >= 0.3 is 0 Å². The zero-order valence-electron chi connectivity index (χ0n) is 12.0. The lowest BCUT2D eigenvalue weighted by Crippen LogP contribution is -1.94.